The number of nitrogens with one attached hydrogen (secondary N) is 1. The number of hydrogen-bond acceptors (Lipinski definition) is 3. The molecular weight excluding hydrogens is 260 g/mol. The second-order valence-corrected chi connectivity index (χ2v) is 7.48. The first-order valence-corrected chi connectivity index (χ1v) is 9.42. The van der Waals surface area contributed by atoms with E-state index < -0.39 is 0 Å². The molecule has 3 fully saturated rings. The summed E-state index contributed by atoms with van der Waals surface area (Å²) in [6.45, 7) is 8.14. The molecule has 0 bridgehead atoms. The van der Waals surface area contributed by atoms with Gasteiger partial charge in [-0.3, -0.25) is 4.90 Å². The molecule has 3 heteroatoms. The number of hydrogen-bond donors (Lipinski definition) is 1. The van der Waals surface area contributed by atoms with E-state index in [1.807, 2.05) is 0 Å². The Morgan fingerprint density at radius 2 is 1.81 bits per heavy atom. The molecule has 2 unspecified atom stereocenters. The number of ether oxygens (including phenoxy) is 1. The minimum atomic E-state index is 0.757. The fraction of sp³-hybridized carbons (Fsp3) is 1.00. The summed E-state index contributed by atoms with van der Waals surface area (Å²) in [6.07, 6.45) is 11.1. The quantitative estimate of drug-likeness (QED) is 0.862. The molecule has 21 heavy (non-hydrogen) atoms. The summed E-state index contributed by atoms with van der Waals surface area (Å²) < 4.78 is 5.53. The third-order valence-corrected chi connectivity index (χ3v) is 6.09. The highest BCUT2D eigenvalue weighted by molar-refractivity contribution is 4.91. The predicted octanol–water partition coefficient (Wildman–Crippen LogP) is 3.05. The Morgan fingerprint density at radius 3 is 2.52 bits per heavy atom. The summed E-state index contributed by atoms with van der Waals surface area (Å²) in [7, 11) is 0. The minimum absolute atomic E-state index is 0.757. The van der Waals surface area contributed by atoms with E-state index in [2.05, 4.69) is 17.1 Å². The second kappa shape index (κ2) is 7.94. The lowest BCUT2D eigenvalue weighted by molar-refractivity contribution is 0.0284. The molecule has 2 saturated heterocycles. The summed E-state index contributed by atoms with van der Waals surface area (Å²) in [5.74, 6) is 1.81. The van der Waals surface area contributed by atoms with Crippen molar-refractivity contribution < 1.29 is 4.74 Å². The molecule has 2 aliphatic heterocycles. The van der Waals surface area contributed by atoms with Gasteiger partial charge in [-0.15, -0.1) is 0 Å². The Hall–Kier alpha value is -0.120. The van der Waals surface area contributed by atoms with Gasteiger partial charge in [-0.1, -0.05) is 26.2 Å². The zero-order chi connectivity index (χ0) is 14.5. The van der Waals surface area contributed by atoms with Crippen molar-refractivity contribution in [3.05, 3.63) is 0 Å². The smallest absolute Gasteiger partial charge is 0.0469 e. The molecule has 0 spiro atoms. The molecular formula is C18H34N2O. The average molecular weight is 294 g/mol. The van der Waals surface area contributed by atoms with Crippen LogP contribution in [-0.4, -0.2) is 49.8 Å². The topological polar surface area (TPSA) is 24.5 Å². The molecule has 3 rings (SSSR count). The Kier molecular flexibility index (Phi) is 5.96. The highest BCUT2D eigenvalue weighted by Crippen LogP contribution is 2.29. The molecule has 0 amide bonds. The fourth-order valence-corrected chi connectivity index (χ4v) is 4.62. The molecule has 1 N–H and O–H groups in total. The van der Waals surface area contributed by atoms with Crippen molar-refractivity contribution in [3.8, 4) is 0 Å². The maximum atomic E-state index is 5.53. The summed E-state index contributed by atoms with van der Waals surface area (Å²) in [5, 5.41) is 3.89. The third-order valence-electron chi connectivity index (χ3n) is 6.09. The lowest BCUT2D eigenvalue weighted by atomic mass is 9.82. The van der Waals surface area contributed by atoms with Crippen LogP contribution < -0.4 is 5.32 Å². The summed E-state index contributed by atoms with van der Waals surface area (Å²) in [6, 6.07) is 1.51. The third kappa shape index (κ3) is 4.20. The molecule has 2 atom stereocenters. The van der Waals surface area contributed by atoms with Crippen molar-refractivity contribution >= 4 is 0 Å². The number of piperazine rings is 1. The van der Waals surface area contributed by atoms with Gasteiger partial charge in [-0.25, -0.2) is 0 Å². The van der Waals surface area contributed by atoms with E-state index in [-0.39, 0.29) is 0 Å². The summed E-state index contributed by atoms with van der Waals surface area (Å²) >= 11 is 0. The lowest BCUT2D eigenvalue weighted by Crippen LogP contribution is -2.59. The van der Waals surface area contributed by atoms with Crippen LogP contribution in [0.2, 0.25) is 0 Å². The zero-order valence-electron chi connectivity index (χ0n) is 13.9. The Labute approximate surface area is 130 Å². The molecule has 0 radical (unpaired) electrons. The largest absolute Gasteiger partial charge is 0.381 e. The molecule has 0 aromatic heterocycles. The minimum Gasteiger partial charge on any atom is -0.381 e. The SMILES string of the molecule is CCC1CNC(C2CCCCC2)CN1CC1CCOCC1. The van der Waals surface area contributed by atoms with Gasteiger partial charge in [0, 0.05) is 44.9 Å². The molecule has 2 heterocycles. The number of nitrogens with zero attached hydrogens (tertiary/aromatic N) is 1. The zero-order valence-corrected chi connectivity index (χ0v) is 13.9. The van der Waals surface area contributed by atoms with Crippen molar-refractivity contribution in [2.45, 2.75) is 70.4 Å². The second-order valence-electron chi connectivity index (χ2n) is 7.48. The first-order valence-electron chi connectivity index (χ1n) is 9.42. The summed E-state index contributed by atoms with van der Waals surface area (Å²) in [4.78, 5) is 2.83. The van der Waals surface area contributed by atoms with Crippen LogP contribution in [-0.2, 0) is 4.74 Å². The number of rotatable bonds is 4. The lowest BCUT2D eigenvalue weighted by Gasteiger charge is -2.45. The Bertz CT molecular complexity index is 298. The monoisotopic (exact) mass is 294 g/mol. The highest BCUT2D eigenvalue weighted by atomic mass is 16.5. The van der Waals surface area contributed by atoms with Crippen molar-refractivity contribution in [2.75, 3.05) is 32.8 Å². The van der Waals surface area contributed by atoms with E-state index in [0.29, 0.717) is 0 Å². The van der Waals surface area contributed by atoms with E-state index in [1.54, 1.807) is 0 Å². The van der Waals surface area contributed by atoms with E-state index in [9.17, 15) is 0 Å². The molecule has 1 aliphatic carbocycles. The van der Waals surface area contributed by atoms with E-state index >= 15 is 0 Å². The first kappa shape index (κ1) is 15.8. The van der Waals surface area contributed by atoms with Gasteiger partial charge in [-0.2, -0.15) is 0 Å². The van der Waals surface area contributed by atoms with Crippen LogP contribution >= 0.6 is 0 Å². The predicted molar refractivity (Wildman–Crippen MR) is 87.6 cm³/mol. The van der Waals surface area contributed by atoms with Gasteiger partial charge >= 0.3 is 0 Å². The van der Waals surface area contributed by atoms with Gasteiger partial charge < -0.3 is 10.1 Å². The van der Waals surface area contributed by atoms with Crippen molar-refractivity contribution in [1.82, 2.24) is 10.2 Å². The van der Waals surface area contributed by atoms with Gasteiger partial charge in [0.05, 0.1) is 0 Å². The molecule has 122 valence electrons. The van der Waals surface area contributed by atoms with E-state index in [0.717, 1.165) is 37.1 Å². The normalized spacial score (nSPS) is 34.1. The Morgan fingerprint density at radius 1 is 1.05 bits per heavy atom. The first-order chi connectivity index (χ1) is 10.4. The molecule has 3 aliphatic rings. The fourth-order valence-electron chi connectivity index (χ4n) is 4.62. The van der Waals surface area contributed by atoms with Crippen LogP contribution in [0.25, 0.3) is 0 Å². The van der Waals surface area contributed by atoms with E-state index in [1.165, 1.54) is 71.0 Å². The van der Waals surface area contributed by atoms with Gasteiger partial charge in [0.15, 0.2) is 0 Å². The van der Waals surface area contributed by atoms with Gasteiger partial charge in [0.1, 0.15) is 0 Å². The van der Waals surface area contributed by atoms with Gasteiger partial charge in [-0.05, 0) is 43.9 Å². The maximum Gasteiger partial charge on any atom is 0.0469 e. The van der Waals surface area contributed by atoms with Crippen LogP contribution in [0.15, 0.2) is 0 Å². The van der Waals surface area contributed by atoms with Gasteiger partial charge in [0.25, 0.3) is 0 Å². The van der Waals surface area contributed by atoms with Crippen LogP contribution in [0.5, 0.6) is 0 Å². The summed E-state index contributed by atoms with van der Waals surface area (Å²) in [5.41, 5.74) is 0. The maximum absolute atomic E-state index is 5.53. The average Bonchev–Trinajstić information content (AvgIpc) is 2.56. The van der Waals surface area contributed by atoms with Crippen LogP contribution in [0.4, 0.5) is 0 Å². The van der Waals surface area contributed by atoms with Gasteiger partial charge in [0.2, 0.25) is 0 Å². The standard InChI is InChI=1S/C18H34N2O/c1-2-17-12-19-18(16-6-4-3-5-7-16)14-20(17)13-15-8-10-21-11-9-15/h15-19H,2-14H2,1H3. The van der Waals surface area contributed by atoms with E-state index in [4.69, 9.17) is 4.74 Å². The molecule has 0 aromatic carbocycles. The van der Waals surface area contributed by atoms with Crippen LogP contribution in [0.1, 0.15) is 58.3 Å². The van der Waals surface area contributed by atoms with Crippen molar-refractivity contribution in [2.24, 2.45) is 11.8 Å². The molecule has 3 nitrogen and oxygen atoms in total. The molecule has 0 aromatic rings. The van der Waals surface area contributed by atoms with Crippen molar-refractivity contribution in [1.29, 1.82) is 0 Å². The Balaban J connectivity index is 1.55. The molecule has 1 saturated carbocycles. The highest BCUT2D eigenvalue weighted by Gasteiger charge is 2.33. The van der Waals surface area contributed by atoms with Crippen LogP contribution in [0, 0.1) is 11.8 Å². The van der Waals surface area contributed by atoms with Crippen molar-refractivity contribution in [3.63, 3.8) is 0 Å². The van der Waals surface area contributed by atoms with Crippen LogP contribution in [0.3, 0.4) is 0 Å².